The first-order chi connectivity index (χ1) is 16.7. The number of hydrogen-bond acceptors (Lipinski definition) is 3. The van der Waals surface area contributed by atoms with Crippen LogP contribution in [-0.4, -0.2) is 12.6 Å². The first kappa shape index (κ1) is 26.3. The second-order valence-corrected chi connectivity index (χ2v) is 9.96. The molecule has 0 aliphatic heterocycles. The number of unbranched alkanes of at least 4 members (excludes halogenated alkanes) is 6. The zero-order valence-electron chi connectivity index (χ0n) is 21.4. The molecule has 0 heterocycles. The number of rotatable bonds is 14. The maximum Gasteiger partial charge on any atom is 0.343 e. The van der Waals surface area contributed by atoms with Gasteiger partial charge >= 0.3 is 5.97 Å². The summed E-state index contributed by atoms with van der Waals surface area (Å²) in [7, 11) is 0. The normalized spacial score (nSPS) is 17.9. The number of hydrogen-bond donors (Lipinski definition) is 0. The molecule has 0 saturated heterocycles. The first-order valence-corrected chi connectivity index (χ1v) is 13.7. The minimum atomic E-state index is -0.309. The van der Waals surface area contributed by atoms with E-state index < -0.39 is 0 Å². The van der Waals surface area contributed by atoms with Gasteiger partial charge in [-0.15, -0.1) is 0 Å². The Labute approximate surface area is 207 Å². The van der Waals surface area contributed by atoms with Crippen LogP contribution in [0.25, 0.3) is 0 Å². The van der Waals surface area contributed by atoms with Crippen LogP contribution in [-0.2, 0) is 0 Å². The fraction of sp³-hybridized carbons (Fsp3) is 0.581. The lowest BCUT2D eigenvalue weighted by molar-refractivity contribution is 0.0734. The number of benzene rings is 2. The Bertz CT molecular complexity index is 817. The van der Waals surface area contributed by atoms with Crippen LogP contribution in [0, 0.1) is 5.92 Å². The summed E-state index contributed by atoms with van der Waals surface area (Å²) in [4.78, 5) is 12.6. The van der Waals surface area contributed by atoms with Gasteiger partial charge in [0.25, 0.3) is 0 Å². The van der Waals surface area contributed by atoms with Crippen LogP contribution in [0.4, 0.5) is 0 Å². The van der Waals surface area contributed by atoms with Gasteiger partial charge in [0.05, 0.1) is 12.2 Å². The lowest BCUT2D eigenvalue weighted by Gasteiger charge is -2.29. The van der Waals surface area contributed by atoms with Crippen LogP contribution < -0.4 is 9.47 Å². The molecular formula is C31H44O3. The number of esters is 1. The highest BCUT2D eigenvalue weighted by atomic mass is 16.5. The Morgan fingerprint density at radius 2 is 1.35 bits per heavy atom. The predicted octanol–water partition coefficient (Wildman–Crippen LogP) is 9.11. The summed E-state index contributed by atoms with van der Waals surface area (Å²) in [6, 6.07) is 15.4. The van der Waals surface area contributed by atoms with Crippen LogP contribution in [0.3, 0.4) is 0 Å². The van der Waals surface area contributed by atoms with E-state index in [1.807, 2.05) is 24.3 Å². The smallest absolute Gasteiger partial charge is 0.343 e. The van der Waals surface area contributed by atoms with Gasteiger partial charge in [0, 0.05) is 0 Å². The van der Waals surface area contributed by atoms with Gasteiger partial charge in [-0.2, -0.15) is 0 Å². The van der Waals surface area contributed by atoms with Gasteiger partial charge in [-0.05, 0) is 85.9 Å². The maximum absolute atomic E-state index is 12.6. The van der Waals surface area contributed by atoms with Crippen molar-refractivity contribution in [1.29, 1.82) is 0 Å². The summed E-state index contributed by atoms with van der Waals surface area (Å²) in [6.07, 6.45) is 16.8. The van der Waals surface area contributed by atoms with Crippen LogP contribution in [0.2, 0.25) is 0 Å². The van der Waals surface area contributed by atoms with Crippen molar-refractivity contribution >= 4 is 5.97 Å². The van der Waals surface area contributed by atoms with Crippen LogP contribution in [0.5, 0.6) is 11.5 Å². The minimum Gasteiger partial charge on any atom is -0.494 e. The molecular weight excluding hydrogens is 420 g/mol. The fourth-order valence-electron chi connectivity index (χ4n) is 5.02. The summed E-state index contributed by atoms with van der Waals surface area (Å²) in [5.41, 5.74) is 1.96. The zero-order chi connectivity index (χ0) is 24.0. The van der Waals surface area contributed by atoms with E-state index in [0.717, 1.165) is 24.7 Å². The van der Waals surface area contributed by atoms with Gasteiger partial charge in [0.2, 0.25) is 0 Å². The lowest BCUT2D eigenvalue weighted by atomic mass is 9.77. The van der Waals surface area contributed by atoms with E-state index in [9.17, 15) is 4.79 Å². The van der Waals surface area contributed by atoms with E-state index in [4.69, 9.17) is 9.47 Å². The predicted molar refractivity (Wildman–Crippen MR) is 141 cm³/mol. The molecule has 0 aromatic heterocycles. The van der Waals surface area contributed by atoms with Crippen molar-refractivity contribution in [3.05, 3.63) is 59.7 Å². The van der Waals surface area contributed by atoms with E-state index >= 15 is 0 Å². The van der Waals surface area contributed by atoms with Crippen molar-refractivity contribution in [1.82, 2.24) is 0 Å². The van der Waals surface area contributed by atoms with E-state index in [1.165, 1.54) is 82.6 Å². The third-order valence-electron chi connectivity index (χ3n) is 7.23. The molecule has 1 saturated carbocycles. The van der Waals surface area contributed by atoms with Crippen LogP contribution >= 0.6 is 0 Å². The van der Waals surface area contributed by atoms with Crippen molar-refractivity contribution in [2.24, 2.45) is 5.92 Å². The van der Waals surface area contributed by atoms with Gasteiger partial charge < -0.3 is 9.47 Å². The molecule has 0 radical (unpaired) electrons. The monoisotopic (exact) mass is 464 g/mol. The van der Waals surface area contributed by atoms with Crippen molar-refractivity contribution in [2.75, 3.05) is 6.61 Å². The first-order valence-electron chi connectivity index (χ1n) is 13.7. The average Bonchev–Trinajstić information content (AvgIpc) is 2.88. The van der Waals surface area contributed by atoms with Crippen LogP contribution in [0.15, 0.2) is 48.5 Å². The molecule has 1 fully saturated rings. The quantitative estimate of drug-likeness (QED) is 0.159. The third-order valence-corrected chi connectivity index (χ3v) is 7.23. The molecule has 0 amide bonds. The Balaban J connectivity index is 1.41. The number of carbonyl (C=O) groups excluding carboxylic acids is 1. The molecule has 1 aliphatic carbocycles. The summed E-state index contributed by atoms with van der Waals surface area (Å²) in [5, 5.41) is 0. The summed E-state index contributed by atoms with van der Waals surface area (Å²) < 4.78 is 11.4. The standard InChI is InChI=1S/C31H44O3/c1-3-5-7-8-10-24-33-29-20-22-30(23-21-29)34-31(32)28-18-16-27(17-19-28)26-14-12-25(13-15-26)11-9-6-4-2/h16-23,25-26H,3-15,24H2,1-2H3. The van der Waals surface area contributed by atoms with E-state index in [0.29, 0.717) is 17.2 Å². The molecule has 3 heteroatoms. The average molecular weight is 465 g/mol. The summed E-state index contributed by atoms with van der Waals surface area (Å²) >= 11 is 0. The molecule has 3 nitrogen and oxygen atoms in total. The van der Waals surface area contributed by atoms with Gasteiger partial charge in [-0.1, -0.05) is 77.3 Å². The largest absolute Gasteiger partial charge is 0.494 e. The van der Waals surface area contributed by atoms with E-state index in [-0.39, 0.29) is 5.97 Å². The second kappa shape index (κ2) is 14.9. The van der Waals surface area contributed by atoms with Crippen molar-refractivity contribution in [3.8, 4) is 11.5 Å². The highest BCUT2D eigenvalue weighted by Crippen LogP contribution is 2.37. The molecule has 3 rings (SSSR count). The van der Waals surface area contributed by atoms with Gasteiger partial charge in [-0.25, -0.2) is 4.79 Å². The summed E-state index contributed by atoms with van der Waals surface area (Å²) in [5.74, 6) is 2.60. The number of ether oxygens (including phenoxy) is 2. The number of carbonyl (C=O) groups is 1. The highest BCUT2D eigenvalue weighted by molar-refractivity contribution is 5.91. The van der Waals surface area contributed by atoms with Crippen molar-refractivity contribution in [3.63, 3.8) is 0 Å². The third kappa shape index (κ3) is 8.81. The second-order valence-electron chi connectivity index (χ2n) is 9.96. The molecule has 186 valence electrons. The molecule has 1 aliphatic rings. The molecule has 0 unspecified atom stereocenters. The van der Waals surface area contributed by atoms with Gasteiger partial charge in [-0.3, -0.25) is 0 Å². The molecule has 34 heavy (non-hydrogen) atoms. The lowest BCUT2D eigenvalue weighted by Crippen LogP contribution is -2.14. The van der Waals surface area contributed by atoms with Crippen LogP contribution in [0.1, 0.15) is 119 Å². The Morgan fingerprint density at radius 3 is 2.03 bits per heavy atom. The molecule has 2 aromatic rings. The van der Waals surface area contributed by atoms with E-state index in [1.54, 1.807) is 12.1 Å². The SMILES string of the molecule is CCCCCCCOc1ccc(OC(=O)c2ccc(C3CCC(CCCCC)CC3)cc2)cc1. The molecule has 0 bridgehead atoms. The summed E-state index contributed by atoms with van der Waals surface area (Å²) in [6.45, 7) is 5.23. The van der Waals surface area contributed by atoms with Gasteiger partial charge in [0.15, 0.2) is 0 Å². The Hall–Kier alpha value is -2.29. The maximum atomic E-state index is 12.6. The van der Waals surface area contributed by atoms with Crippen molar-refractivity contribution < 1.29 is 14.3 Å². The molecule has 0 atom stereocenters. The highest BCUT2D eigenvalue weighted by Gasteiger charge is 2.22. The molecule has 0 N–H and O–H groups in total. The Morgan fingerprint density at radius 1 is 0.735 bits per heavy atom. The Kier molecular flexibility index (Phi) is 11.5. The topological polar surface area (TPSA) is 35.5 Å². The molecule has 0 spiro atoms. The fourth-order valence-corrected chi connectivity index (χ4v) is 5.02. The van der Waals surface area contributed by atoms with Crippen molar-refractivity contribution in [2.45, 2.75) is 103 Å². The zero-order valence-corrected chi connectivity index (χ0v) is 21.4. The minimum absolute atomic E-state index is 0.309. The molecule has 2 aromatic carbocycles. The van der Waals surface area contributed by atoms with Gasteiger partial charge in [0.1, 0.15) is 11.5 Å². The van der Waals surface area contributed by atoms with E-state index in [2.05, 4.69) is 26.0 Å².